The maximum atomic E-state index is 11.4. The van der Waals surface area contributed by atoms with Crippen molar-refractivity contribution in [2.45, 2.75) is 38.9 Å². The van der Waals surface area contributed by atoms with Gasteiger partial charge in [-0.3, -0.25) is 19.6 Å². The molecule has 0 spiro atoms. The van der Waals surface area contributed by atoms with E-state index in [0.29, 0.717) is 0 Å². The Kier molecular flexibility index (Phi) is 13.8. The number of hydrogen-bond donors (Lipinski definition) is 3. The fraction of sp³-hybridized carbons (Fsp3) is 0.179. The maximum absolute atomic E-state index is 11.4. The van der Waals surface area contributed by atoms with Gasteiger partial charge in [-0.1, -0.05) is 60.7 Å². The van der Waals surface area contributed by atoms with E-state index in [9.17, 15) is 19.8 Å². The average Bonchev–Trinajstić information content (AvgIpc) is 3.07. The summed E-state index contributed by atoms with van der Waals surface area (Å²) in [7, 11) is 1.39. The summed E-state index contributed by atoms with van der Waals surface area (Å²) in [5.74, 6) is -1.12. The number of fused-ring (bicyclic) bond motifs is 2. The number of aliphatic hydroxyl groups excluding tert-OH is 2. The smallest absolute Gasteiger partial charge is 0.870 e. The molecule has 0 saturated carbocycles. The van der Waals surface area contributed by atoms with Crippen molar-refractivity contribution in [3.63, 3.8) is 0 Å². The molecular formula is C39H37LiN2O7. The van der Waals surface area contributed by atoms with Gasteiger partial charge < -0.3 is 25.5 Å². The summed E-state index contributed by atoms with van der Waals surface area (Å²) in [4.78, 5) is 31.3. The Morgan fingerprint density at radius 1 is 0.653 bits per heavy atom. The van der Waals surface area contributed by atoms with Crippen molar-refractivity contribution in [1.29, 1.82) is 0 Å². The van der Waals surface area contributed by atoms with Crippen LogP contribution in [0.1, 0.15) is 48.3 Å². The zero-order valence-corrected chi connectivity index (χ0v) is 27.9. The molecule has 49 heavy (non-hydrogen) atoms. The number of carbonyl (C=O) groups is 2. The van der Waals surface area contributed by atoms with E-state index >= 15 is 0 Å². The van der Waals surface area contributed by atoms with Crippen molar-refractivity contribution in [1.82, 2.24) is 9.97 Å². The second-order valence-electron chi connectivity index (χ2n) is 11.4. The molecule has 9 nitrogen and oxygen atoms in total. The van der Waals surface area contributed by atoms with Crippen LogP contribution in [0, 0.1) is 0 Å². The first-order chi connectivity index (χ1) is 22.6. The van der Waals surface area contributed by atoms with Crippen molar-refractivity contribution in [2.24, 2.45) is 0 Å². The predicted octanol–water partition coefficient (Wildman–Crippen LogP) is 4.08. The number of carboxylic acid groups (broad SMARTS) is 1. The first-order valence-corrected chi connectivity index (χ1v) is 15.2. The number of aliphatic hydroxyl groups is 2. The van der Waals surface area contributed by atoms with E-state index in [0.717, 1.165) is 66.3 Å². The molecule has 2 heterocycles. The van der Waals surface area contributed by atoms with Gasteiger partial charge in [0, 0.05) is 34.3 Å². The van der Waals surface area contributed by atoms with Crippen LogP contribution in [0.5, 0.6) is 0 Å². The molecule has 0 radical (unpaired) electrons. The zero-order chi connectivity index (χ0) is 33.5. The van der Waals surface area contributed by atoms with E-state index in [-0.39, 0.29) is 43.1 Å². The Balaban J connectivity index is 0.000000255. The standard InChI is InChI=1S/C20H19NO3.C19H17NO3.Li.H2O/c1-13(22)15-6-7-17-12-21-19(11-18(17)10-15)16-5-3-4-14(8-16)9-20(23)24-2;1-12(21)14-5-6-16-11-20-18(10-17(16)9-14)15-4-2-3-13(7-15)8-19(22)23;;/h3-8,10-13,22H,9H2,1-2H3;2-7,9-12,21H,8H2,1H3,(H,22,23);;1H2/q;;+1;/p-1/t13-;12-;;/m11../s1. The van der Waals surface area contributed by atoms with Crippen molar-refractivity contribution in [3.05, 3.63) is 132 Å². The molecule has 0 aliphatic heterocycles. The predicted molar refractivity (Wildman–Crippen MR) is 185 cm³/mol. The molecule has 4 N–H and O–H groups in total. The minimum Gasteiger partial charge on any atom is -0.870 e. The SMILES string of the molecule is COC(=O)Cc1cccc(-c2cc3cc([C@@H](C)O)ccc3cn2)c1.C[C@@H](O)c1ccc2cnc(-c3cccc(CC(=O)O)c3)cc2c1.[Li+].[OH-]. The molecule has 2 atom stereocenters. The molecule has 0 saturated heterocycles. The number of aromatic nitrogens is 2. The van der Waals surface area contributed by atoms with Crippen molar-refractivity contribution in [2.75, 3.05) is 7.11 Å². The van der Waals surface area contributed by atoms with E-state index < -0.39 is 18.2 Å². The largest absolute Gasteiger partial charge is 1.00 e. The number of carbonyl (C=O) groups excluding carboxylic acids is 1. The first kappa shape index (κ1) is 38.6. The molecule has 0 amide bonds. The normalized spacial score (nSPS) is 11.7. The van der Waals surface area contributed by atoms with Gasteiger partial charge in [-0.05, 0) is 83.3 Å². The van der Waals surface area contributed by atoms with Crippen LogP contribution >= 0.6 is 0 Å². The summed E-state index contributed by atoms with van der Waals surface area (Å²) in [6.45, 7) is 3.48. The number of pyridine rings is 2. The van der Waals surface area contributed by atoms with Crippen LogP contribution in [0.25, 0.3) is 44.1 Å². The number of hydrogen-bond acceptors (Lipinski definition) is 8. The maximum Gasteiger partial charge on any atom is 1.00 e. The number of carboxylic acids is 1. The van der Waals surface area contributed by atoms with Crippen LogP contribution in [0.3, 0.4) is 0 Å². The van der Waals surface area contributed by atoms with Crippen LogP contribution in [0.2, 0.25) is 0 Å². The Hall–Kier alpha value is -4.88. The Morgan fingerprint density at radius 3 is 1.51 bits per heavy atom. The summed E-state index contributed by atoms with van der Waals surface area (Å²) in [5.41, 5.74) is 6.81. The Labute approximate surface area is 296 Å². The van der Waals surface area contributed by atoms with Gasteiger partial charge in [0.15, 0.2) is 0 Å². The number of aliphatic carboxylic acids is 1. The number of benzene rings is 4. The van der Waals surface area contributed by atoms with E-state index in [4.69, 9.17) is 9.84 Å². The second kappa shape index (κ2) is 17.5. The molecule has 0 unspecified atom stereocenters. The molecule has 10 heteroatoms. The quantitative estimate of drug-likeness (QED) is 0.163. The molecule has 6 rings (SSSR count). The summed E-state index contributed by atoms with van der Waals surface area (Å²) in [6.07, 6.45) is 2.82. The number of rotatable bonds is 8. The van der Waals surface area contributed by atoms with Crippen LogP contribution in [-0.4, -0.2) is 49.8 Å². The summed E-state index contributed by atoms with van der Waals surface area (Å²) in [6, 6.07) is 30.7. The van der Waals surface area contributed by atoms with E-state index in [1.54, 1.807) is 26.1 Å². The van der Waals surface area contributed by atoms with E-state index in [1.807, 2.05) is 97.2 Å². The van der Waals surface area contributed by atoms with Gasteiger partial charge in [-0.25, -0.2) is 0 Å². The zero-order valence-electron chi connectivity index (χ0n) is 27.9. The average molecular weight is 653 g/mol. The summed E-state index contributed by atoms with van der Waals surface area (Å²) < 4.78 is 4.71. The second-order valence-corrected chi connectivity index (χ2v) is 11.4. The minimum absolute atomic E-state index is 0. The third kappa shape index (κ3) is 10.1. The van der Waals surface area contributed by atoms with Crippen molar-refractivity contribution < 1.29 is 54.0 Å². The fourth-order valence-corrected chi connectivity index (χ4v) is 5.25. The molecule has 0 fully saturated rings. The van der Waals surface area contributed by atoms with Crippen LogP contribution in [0.15, 0.2) is 109 Å². The number of methoxy groups -OCH3 is 1. The fourth-order valence-electron chi connectivity index (χ4n) is 5.25. The van der Waals surface area contributed by atoms with Gasteiger partial charge in [-0.15, -0.1) is 0 Å². The van der Waals surface area contributed by atoms with Crippen LogP contribution in [0.4, 0.5) is 0 Å². The molecule has 0 bridgehead atoms. The molecular weight excluding hydrogens is 615 g/mol. The van der Waals surface area contributed by atoms with Gasteiger partial charge in [0.05, 0.1) is 43.5 Å². The molecule has 4 aromatic carbocycles. The summed E-state index contributed by atoms with van der Waals surface area (Å²) >= 11 is 0. The van der Waals surface area contributed by atoms with Crippen LogP contribution < -0.4 is 18.9 Å². The molecule has 0 aliphatic carbocycles. The van der Waals surface area contributed by atoms with Gasteiger partial charge in [0.2, 0.25) is 0 Å². The van der Waals surface area contributed by atoms with Gasteiger partial charge in [0.1, 0.15) is 0 Å². The van der Waals surface area contributed by atoms with E-state index in [2.05, 4.69) is 9.97 Å². The van der Waals surface area contributed by atoms with Gasteiger partial charge in [-0.2, -0.15) is 0 Å². The summed E-state index contributed by atoms with van der Waals surface area (Å²) in [5, 5.41) is 32.4. The first-order valence-electron chi connectivity index (χ1n) is 15.2. The number of nitrogens with zero attached hydrogens (tertiary/aromatic N) is 2. The number of ether oxygens (including phenoxy) is 1. The van der Waals surface area contributed by atoms with Gasteiger partial charge in [0.25, 0.3) is 0 Å². The minimum atomic E-state index is -0.852. The third-order valence-corrected chi connectivity index (χ3v) is 7.83. The molecule has 6 aromatic rings. The van der Waals surface area contributed by atoms with Crippen LogP contribution in [-0.2, 0) is 27.2 Å². The Morgan fingerprint density at radius 2 is 1.10 bits per heavy atom. The topological polar surface area (TPSA) is 160 Å². The molecule has 246 valence electrons. The molecule has 0 aliphatic rings. The number of esters is 1. The Bertz CT molecular complexity index is 2060. The van der Waals surface area contributed by atoms with Crippen molar-refractivity contribution in [3.8, 4) is 22.5 Å². The monoisotopic (exact) mass is 652 g/mol. The third-order valence-electron chi connectivity index (χ3n) is 7.83. The van der Waals surface area contributed by atoms with Gasteiger partial charge >= 0.3 is 30.8 Å². The van der Waals surface area contributed by atoms with E-state index in [1.165, 1.54) is 7.11 Å². The molecule has 2 aromatic heterocycles. The van der Waals surface area contributed by atoms with Crippen molar-refractivity contribution >= 4 is 33.5 Å².